The highest BCUT2D eigenvalue weighted by atomic mass is 14.7. The van der Waals surface area contributed by atoms with Crippen molar-refractivity contribution in [1.82, 2.24) is 0 Å². The summed E-state index contributed by atoms with van der Waals surface area (Å²) < 4.78 is 0. The van der Waals surface area contributed by atoms with Gasteiger partial charge in [0.05, 0.1) is 6.04 Å². The minimum absolute atomic E-state index is 0.215. The van der Waals surface area contributed by atoms with Crippen LogP contribution in [0.1, 0.15) is 28.7 Å². The van der Waals surface area contributed by atoms with Crippen LogP contribution in [0.3, 0.4) is 0 Å². The normalized spacial score (nSPS) is 18.4. The van der Waals surface area contributed by atoms with Crippen molar-refractivity contribution in [2.75, 3.05) is 5.73 Å². The maximum atomic E-state index is 7.02. The average Bonchev–Trinajstić information content (AvgIpc) is 2.88. The van der Waals surface area contributed by atoms with Crippen LogP contribution >= 0.6 is 0 Å². The summed E-state index contributed by atoms with van der Waals surface area (Å²) in [6.45, 7) is 0. The molecule has 1 unspecified atom stereocenters. The van der Waals surface area contributed by atoms with Crippen molar-refractivity contribution in [3.63, 3.8) is 0 Å². The van der Waals surface area contributed by atoms with Gasteiger partial charge in [0.1, 0.15) is 0 Å². The number of rotatable bonds is 4. The molecule has 0 aliphatic heterocycles. The number of hydrogen-bond donors (Lipinski definition) is 2. The van der Waals surface area contributed by atoms with Gasteiger partial charge in [0.2, 0.25) is 0 Å². The van der Waals surface area contributed by atoms with E-state index in [9.17, 15) is 0 Å². The zero-order chi connectivity index (χ0) is 23.3. The van der Waals surface area contributed by atoms with Gasteiger partial charge in [0, 0.05) is 5.69 Å². The Morgan fingerprint density at radius 3 is 1.71 bits per heavy atom. The summed E-state index contributed by atoms with van der Waals surface area (Å²) in [4.78, 5) is 0. The number of nitrogen functional groups attached to an aromatic ring is 1. The molecule has 0 radical (unpaired) electrons. The quantitative estimate of drug-likeness (QED) is 0.333. The second-order valence-corrected chi connectivity index (χ2v) is 8.64. The Hall–Kier alpha value is -4.14. The van der Waals surface area contributed by atoms with E-state index < -0.39 is 0 Å². The van der Waals surface area contributed by atoms with Crippen LogP contribution in [0, 0.1) is 0 Å². The lowest BCUT2D eigenvalue weighted by Crippen LogP contribution is -2.29. The van der Waals surface area contributed by atoms with E-state index in [1.165, 1.54) is 22.3 Å². The lowest BCUT2D eigenvalue weighted by Gasteiger charge is -2.32. The van der Waals surface area contributed by atoms with Crippen LogP contribution in [0.15, 0.2) is 126 Å². The van der Waals surface area contributed by atoms with Crippen molar-refractivity contribution in [1.29, 1.82) is 0 Å². The van der Waals surface area contributed by atoms with Crippen LogP contribution in [-0.2, 0) is 0 Å². The summed E-state index contributed by atoms with van der Waals surface area (Å²) in [5, 5.41) is 0. The van der Waals surface area contributed by atoms with Crippen LogP contribution < -0.4 is 11.5 Å². The van der Waals surface area contributed by atoms with E-state index in [4.69, 9.17) is 11.5 Å². The summed E-state index contributed by atoms with van der Waals surface area (Å²) in [6, 6.07) is 39.4. The predicted octanol–water partition coefficient (Wildman–Crippen LogP) is 7.08. The van der Waals surface area contributed by atoms with Crippen molar-refractivity contribution in [3.05, 3.63) is 149 Å². The summed E-state index contributed by atoms with van der Waals surface area (Å²) in [7, 11) is 0. The Bertz CT molecular complexity index is 1350. The standard InChI is InChI=1S/C32H28N2/c33-28-18-16-25(17-19-28)29-22-27(20-23-10-4-1-5-11-23)32(34)30(21-24-12-6-2-7-13-24)31(29)26-14-8-3-9-15-26/h1-21,32H,22,33-34H2. The van der Waals surface area contributed by atoms with Gasteiger partial charge >= 0.3 is 0 Å². The fraction of sp³-hybridized carbons (Fsp3) is 0.0625. The first-order chi connectivity index (χ1) is 16.7. The molecule has 0 spiro atoms. The first-order valence-corrected chi connectivity index (χ1v) is 11.6. The molecular weight excluding hydrogens is 412 g/mol. The maximum absolute atomic E-state index is 7.02. The van der Waals surface area contributed by atoms with Crippen molar-refractivity contribution >= 4 is 29.0 Å². The van der Waals surface area contributed by atoms with Crippen LogP contribution in [0.2, 0.25) is 0 Å². The van der Waals surface area contributed by atoms with Crippen molar-refractivity contribution < 1.29 is 0 Å². The van der Waals surface area contributed by atoms with Gasteiger partial charge in [-0.1, -0.05) is 109 Å². The number of anilines is 1. The Labute approximate surface area is 201 Å². The fourth-order valence-corrected chi connectivity index (χ4v) is 4.60. The molecular formula is C32H28N2. The molecule has 4 aromatic rings. The van der Waals surface area contributed by atoms with Crippen molar-refractivity contribution in [3.8, 4) is 0 Å². The monoisotopic (exact) mass is 440 g/mol. The smallest absolute Gasteiger partial charge is 0.0523 e. The topological polar surface area (TPSA) is 52.0 Å². The van der Waals surface area contributed by atoms with Gasteiger partial charge in [-0.05, 0) is 69.2 Å². The molecule has 5 rings (SSSR count). The lowest BCUT2D eigenvalue weighted by molar-refractivity contribution is 0.884. The molecule has 2 heteroatoms. The molecule has 4 N–H and O–H groups in total. The molecule has 166 valence electrons. The zero-order valence-corrected chi connectivity index (χ0v) is 19.1. The minimum Gasteiger partial charge on any atom is -0.399 e. The molecule has 0 saturated carbocycles. The van der Waals surface area contributed by atoms with E-state index >= 15 is 0 Å². The highest BCUT2D eigenvalue weighted by Crippen LogP contribution is 2.44. The third kappa shape index (κ3) is 4.63. The highest BCUT2D eigenvalue weighted by Gasteiger charge is 2.29. The van der Waals surface area contributed by atoms with Crippen LogP contribution in [0.4, 0.5) is 5.69 Å². The third-order valence-electron chi connectivity index (χ3n) is 6.30. The van der Waals surface area contributed by atoms with Crippen LogP contribution in [0.25, 0.3) is 23.3 Å². The summed E-state index contributed by atoms with van der Waals surface area (Å²) >= 11 is 0. The molecule has 0 bridgehead atoms. The van der Waals surface area contributed by atoms with E-state index in [2.05, 4.69) is 103 Å². The van der Waals surface area contributed by atoms with Gasteiger partial charge < -0.3 is 11.5 Å². The largest absolute Gasteiger partial charge is 0.399 e. The van der Waals surface area contributed by atoms with E-state index in [0.717, 1.165) is 34.4 Å². The van der Waals surface area contributed by atoms with Crippen molar-refractivity contribution in [2.24, 2.45) is 5.73 Å². The summed E-state index contributed by atoms with van der Waals surface area (Å²) in [5.74, 6) is 0. The molecule has 1 atom stereocenters. The van der Waals surface area contributed by atoms with Crippen LogP contribution in [0.5, 0.6) is 0 Å². The molecule has 1 aliphatic carbocycles. The van der Waals surface area contributed by atoms with Gasteiger partial charge in [-0.2, -0.15) is 0 Å². The molecule has 0 fully saturated rings. The fourth-order valence-electron chi connectivity index (χ4n) is 4.60. The average molecular weight is 441 g/mol. The molecule has 0 saturated heterocycles. The first-order valence-electron chi connectivity index (χ1n) is 11.6. The second-order valence-electron chi connectivity index (χ2n) is 8.64. The maximum Gasteiger partial charge on any atom is 0.0523 e. The Morgan fingerprint density at radius 1 is 0.588 bits per heavy atom. The number of hydrogen-bond acceptors (Lipinski definition) is 2. The second kappa shape index (κ2) is 9.78. The number of nitrogens with two attached hydrogens (primary N) is 2. The lowest BCUT2D eigenvalue weighted by atomic mass is 9.75. The molecule has 0 amide bonds. The van der Waals surface area contributed by atoms with Gasteiger partial charge in [-0.25, -0.2) is 0 Å². The van der Waals surface area contributed by atoms with Crippen LogP contribution in [-0.4, -0.2) is 6.04 Å². The van der Waals surface area contributed by atoms with E-state index in [1.54, 1.807) is 0 Å². The summed E-state index contributed by atoms with van der Waals surface area (Å²) in [5.41, 5.74) is 23.2. The Kier molecular flexibility index (Phi) is 6.24. The zero-order valence-electron chi connectivity index (χ0n) is 19.1. The number of benzene rings is 4. The molecule has 0 aromatic heterocycles. The predicted molar refractivity (Wildman–Crippen MR) is 146 cm³/mol. The van der Waals surface area contributed by atoms with Gasteiger partial charge in [0.25, 0.3) is 0 Å². The van der Waals surface area contributed by atoms with Gasteiger partial charge in [-0.15, -0.1) is 0 Å². The molecule has 4 aromatic carbocycles. The SMILES string of the molecule is Nc1ccc(C2=C(c3ccccc3)C(=Cc3ccccc3)C(N)C(=Cc3ccccc3)C2)cc1. The van der Waals surface area contributed by atoms with E-state index in [0.29, 0.717) is 0 Å². The third-order valence-corrected chi connectivity index (χ3v) is 6.30. The van der Waals surface area contributed by atoms with Gasteiger partial charge in [0.15, 0.2) is 0 Å². The van der Waals surface area contributed by atoms with Crippen molar-refractivity contribution in [2.45, 2.75) is 12.5 Å². The molecule has 2 nitrogen and oxygen atoms in total. The summed E-state index contributed by atoms with van der Waals surface area (Å²) in [6.07, 6.45) is 5.25. The Balaban J connectivity index is 1.77. The van der Waals surface area contributed by atoms with E-state index in [1.807, 2.05) is 24.3 Å². The van der Waals surface area contributed by atoms with E-state index in [-0.39, 0.29) is 6.04 Å². The highest BCUT2D eigenvalue weighted by molar-refractivity contribution is 6.04. The number of allylic oxidation sites excluding steroid dienone is 1. The molecule has 34 heavy (non-hydrogen) atoms. The van der Waals surface area contributed by atoms with Gasteiger partial charge in [-0.3, -0.25) is 0 Å². The Morgan fingerprint density at radius 2 is 1.12 bits per heavy atom. The first kappa shape index (κ1) is 21.7. The molecule has 0 heterocycles. The minimum atomic E-state index is -0.215. The molecule has 1 aliphatic rings.